The lowest BCUT2D eigenvalue weighted by atomic mass is 10.3. The van der Waals surface area contributed by atoms with Gasteiger partial charge in [-0.3, -0.25) is 0 Å². The molecule has 4 aromatic rings. The van der Waals surface area contributed by atoms with Crippen molar-refractivity contribution in [2.24, 2.45) is 0 Å². The van der Waals surface area contributed by atoms with E-state index in [-0.39, 0.29) is 5.56 Å². The Hall–Kier alpha value is -2.93. The van der Waals surface area contributed by atoms with E-state index in [1.54, 1.807) is 4.68 Å². The van der Waals surface area contributed by atoms with Gasteiger partial charge in [0, 0.05) is 11.4 Å². The monoisotopic (exact) mass is 338 g/mol. The van der Waals surface area contributed by atoms with Crippen LogP contribution < -0.4 is 0 Å². The van der Waals surface area contributed by atoms with Crippen LogP contribution in [-0.2, 0) is 0 Å². The number of rotatable bonds is 3. The topological polar surface area (TPSA) is 72.9 Å². The maximum absolute atomic E-state index is 11.7. The highest BCUT2D eigenvalue weighted by Gasteiger charge is 2.23. The second kappa shape index (κ2) is 5.31. The molecule has 1 aromatic carbocycles. The molecule has 0 atom stereocenters. The molecule has 0 bridgehead atoms. The van der Waals surface area contributed by atoms with Gasteiger partial charge in [-0.2, -0.15) is 9.78 Å². The van der Waals surface area contributed by atoms with Crippen molar-refractivity contribution in [2.75, 3.05) is 0 Å². The zero-order valence-electron chi connectivity index (χ0n) is 13.1. The Bertz CT molecular complexity index is 1020. The van der Waals surface area contributed by atoms with Gasteiger partial charge in [0.1, 0.15) is 5.56 Å². The zero-order valence-corrected chi connectivity index (χ0v) is 13.9. The molecule has 0 radical (unpaired) electrons. The lowest BCUT2D eigenvalue weighted by Crippen LogP contribution is -2.11. The van der Waals surface area contributed by atoms with Crippen LogP contribution in [0.1, 0.15) is 21.7 Å². The van der Waals surface area contributed by atoms with Gasteiger partial charge < -0.3 is 9.67 Å². The largest absolute Gasteiger partial charge is 0.477 e. The van der Waals surface area contributed by atoms with Gasteiger partial charge in [0.25, 0.3) is 0 Å². The summed E-state index contributed by atoms with van der Waals surface area (Å²) in [5, 5.41) is 14.5. The van der Waals surface area contributed by atoms with E-state index in [0.717, 1.165) is 21.6 Å². The third-order valence-electron chi connectivity index (χ3n) is 3.92. The molecular weight excluding hydrogens is 324 g/mol. The number of para-hydroxylation sites is 1. The number of fused-ring (bicyclic) bond motifs is 1. The minimum atomic E-state index is -1.01. The molecule has 4 rings (SSSR count). The molecule has 0 spiro atoms. The second-order valence-corrected chi connectivity index (χ2v) is 6.52. The van der Waals surface area contributed by atoms with E-state index in [1.807, 2.05) is 54.8 Å². The van der Waals surface area contributed by atoms with Crippen molar-refractivity contribution in [3.05, 3.63) is 59.5 Å². The quantitative estimate of drug-likeness (QED) is 0.619. The van der Waals surface area contributed by atoms with Crippen molar-refractivity contribution in [1.29, 1.82) is 0 Å². The molecule has 0 fully saturated rings. The van der Waals surface area contributed by atoms with Gasteiger partial charge in [-0.1, -0.05) is 23.5 Å². The molecule has 24 heavy (non-hydrogen) atoms. The van der Waals surface area contributed by atoms with Crippen LogP contribution in [0, 0.1) is 13.8 Å². The molecule has 0 saturated heterocycles. The molecule has 0 aliphatic carbocycles. The van der Waals surface area contributed by atoms with E-state index in [4.69, 9.17) is 0 Å². The Labute approximate surface area is 141 Å². The minimum Gasteiger partial charge on any atom is -0.477 e. The van der Waals surface area contributed by atoms with E-state index in [1.165, 1.54) is 17.5 Å². The highest BCUT2D eigenvalue weighted by atomic mass is 32.1. The molecule has 0 amide bonds. The summed E-state index contributed by atoms with van der Waals surface area (Å²) in [7, 11) is 0. The van der Waals surface area contributed by atoms with E-state index in [9.17, 15) is 9.90 Å². The first-order chi connectivity index (χ1) is 11.6. The number of carbonyl (C=O) groups is 1. The molecule has 1 N–H and O–H groups in total. The fourth-order valence-electron chi connectivity index (χ4n) is 2.80. The van der Waals surface area contributed by atoms with Gasteiger partial charge in [-0.05, 0) is 38.1 Å². The molecule has 3 aromatic heterocycles. The number of carboxylic acid groups (broad SMARTS) is 1. The minimum absolute atomic E-state index is 0.150. The van der Waals surface area contributed by atoms with Crippen molar-refractivity contribution in [3.63, 3.8) is 0 Å². The van der Waals surface area contributed by atoms with Gasteiger partial charge >= 0.3 is 5.97 Å². The predicted molar refractivity (Wildman–Crippen MR) is 92.5 cm³/mol. The number of aromatic nitrogens is 4. The van der Waals surface area contributed by atoms with Crippen molar-refractivity contribution in [1.82, 2.24) is 19.3 Å². The summed E-state index contributed by atoms with van der Waals surface area (Å²) in [6, 6.07) is 11.7. The second-order valence-electron chi connectivity index (χ2n) is 5.51. The summed E-state index contributed by atoms with van der Waals surface area (Å²) in [6.07, 6.45) is 1.38. The zero-order chi connectivity index (χ0) is 16.8. The van der Waals surface area contributed by atoms with Crippen molar-refractivity contribution < 1.29 is 9.90 Å². The van der Waals surface area contributed by atoms with E-state index in [2.05, 4.69) is 10.1 Å². The number of hydrogen-bond acceptors (Lipinski definition) is 4. The number of nitrogens with zero attached hydrogens (tertiary/aromatic N) is 4. The average molecular weight is 338 g/mol. The van der Waals surface area contributed by atoms with E-state index in [0.29, 0.717) is 10.9 Å². The Morgan fingerprint density at radius 3 is 2.50 bits per heavy atom. The van der Waals surface area contributed by atoms with Gasteiger partial charge in [-0.25, -0.2) is 9.78 Å². The third kappa shape index (κ3) is 2.13. The smallest absolute Gasteiger partial charge is 0.341 e. The standard InChI is InChI=1S/C17H14N4O2S/c1-10-7-8-11(2)20(10)15-12(16(22)23)9-18-21(15)17-19-13-5-3-4-6-14(13)24-17/h3-9H,1-2H3,(H,22,23). The third-order valence-corrected chi connectivity index (χ3v) is 4.93. The van der Waals surface area contributed by atoms with Gasteiger partial charge in [-0.15, -0.1) is 0 Å². The lowest BCUT2D eigenvalue weighted by molar-refractivity contribution is 0.0697. The molecule has 0 aliphatic rings. The lowest BCUT2D eigenvalue weighted by Gasteiger charge is -2.11. The Morgan fingerprint density at radius 2 is 1.83 bits per heavy atom. The van der Waals surface area contributed by atoms with Crippen LogP contribution in [0.2, 0.25) is 0 Å². The SMILES string of the molecule is Cc1ccc(C)n1-c1c(C(=O)O)cnn1-c1nc2ccccc2s1. The Kier molecular flexibility index (Phi) is 3.24. The molecule has 3 heterocycles. The van der Waals surface area contributed by atoms with Gasteiger partial charge in [0.2, 0.25) is 5.13 Å². The van der Waals surface area contributed by atoms with Crippen LogP contribution in [0.15, 0.2) is 42.6 Å². The van der Waals surface area contributed by atoms with Gasteiger partial charge in [0.15, 0.2) is 5.82 Å². The number of aryl methyl sites for hydroxylation is 2. The summed E-state index contributed by atoms with van der Waals surface area (Å²) in [4.78, 5) is 16.3. The number of thiazole rings is 1. The summed E-state index contributed by atoms with van der Waals surface area (Å²) in [5.74, 6) is -0.508. The highest BCUT2D eigenvalue weighted by Crippen LogP contribution is 2.29. The number of benzene rings is 1. The van der Waals surface area contributed by atoms with Crippen LogP contribution >= 0.6 is 11.3 Å². The highest BCUT2D eigenvalue weighted by molar-refractivity contribution is 7.20. The summed E-state index contributed by atoms with van der Waals surface area (Å²) < 4.78 is 4.53. The maximum Gasteiger partial charge on any atom is 0.341 e. The van der Waals surface area contributed by atoms with Crippen molar-refractivity contribution in [3.8, 4) is 10.9 Å². The molecule has 6 nitrogen and oxygen atoms in total. The van der Waals surface area contributed by atoms with Crippen LogP contribution in [0.5, 0.6) is 0 Å². The fraction of sp³-hybridized carbons (Fsp3) is 0.118. The van der Waals surface area contributed by atoms with Crippen molar-refractivity contribution in [2.45, 2.75) is 13.8 Å². The normalized spacial score (nSPS) is 11.2. The molecule has 120 valence electrons. The average Bonchev–Trinajstić information content (AvgIpc) is 3.23. The Morgan fingerprint density at radius 1 is 1.12 bits per heavy atom. The molecule has 7 heteroatoms. The molecular formula is C17H14N4O2S. The van der Waals surface area contributed by atoms with Gasteiger partial charge in [0.05, 0.1) is 16.4 Å². The number of carboxylic acids is 1. The van der Waals surface area contributed by atoms with Crippen LogP contribution in [0.3, 0.4) is 0 Å². The predicted octanol–water partition coefficient (Wildman–Crippen LogP) is 3.59. The summed E-state index contributed by atoms with van der Waals surface area (Å²) in [6.45, 7) is 3.88. The number of hydrogen-bond donors (Lipinski definition) is 1. The Balaban J connectivity index is 2.01. The maximum atomic E-state index is 11.7. The molecule has 0 aliphatic heterocycles. The van der Waals surface area contributed by atoms with Crippen LogP contribution in [0.4, 0.5) is 0 Å². The molecule has 0 unspecified atom stereocenters. The molecule has 0 saturated carbocycles. The van der Waals surface area contributed by atoms with E-state index >= 15 is 0 Å². The van der Waals surface area contributed by atoms with Crippen LogP contribution in [0.25, 0.3) is 21.2 Å². The summed E-state index contributed by atoms with van der Waals surface area (Å²) in [5.41, 5.74) is 2.91. The fourth-order valence-corrected chi connectivity index (χ4v) is 3.73. The summed E-state index contributed by atoms with van der Waals surface area (Å²) >= 11 is 1.48. The van der Waals surface area contributed by atoms with E-state index < -0.39 is 5.97 Å². The van der Waals surface area contributed by atoms with Crippen LogP contribution in [-0.4, -0.2) is 30.4 Å². The first-order valence-electron chi connectivity index (χ1n) is 7.39. The first kappa shape index (κ1) is 14.6. The number of aromatic carboxylic acids is 1. The first-order valence-corrected chi connectivity index (χ1v) is 8.20. The van der Waals surface area contributed by atoms with Crippen molar-refractivity contribution >= 4 is 27.5 Å².